The smallest absolute Gasteiger partial charge is 0.251 e. The van der Waals surface area contributed by atoms with E-state index < -0.39 is 5.82 Å². The Bertz CT molecular complexity index is 1310. The molecule has 0 radical (unpaired) electrons. The van der Waals surface area contributed by atoms with Crippen LogP contribution in [0.1, 0.15) is 24.9 Å². The molecule has 1 amide bonds. The molecule has 0 saturated carbocycles. The number of carbonyl (C=O) groups is 1. The first-order chi connectivity index (χ1) is 15.5. The second kappa shape index (κ2) is 9.38. The third-order valence-corrected chi connectivity index (χ3v) is 4.84. The highest BCUT2D eigenvalue weighted by Crippen LogP contribution is 2.24. The maximum atomic E-state index is 13.9. The summed E-state index contributed by atoms with van der Waals surface area (Å²) in [5.74, 6) is 0.503. The van der Waals surface area contributed by atoms with Crippen LogP contribution in [-0.2, 0) is 17.6 Å². The van der Waals surface area contributed by atoms with Crippen molar-refractivity contribution in [2.24, 2.45) is 0 Å². The predicted molar refractivity (Wildman–Crippen MR) is 119 cm³/mol. The number of aryl methyl sites for hydroxylation is 2. The van der Waals surface area contributed by atoms with E-state index in [1.807, 2.05) is 13.0 Å². The van der Waals surface area contributed by atoms with Gasteiger partial charge in [0, 0.05) is 35.9 Å². The van der Waals surface area contributed by atoms with Crippen LogP contribution in [0.4, 0.5) is 10.1 Å². The predicted octanol–water partition coefficient (Wildman–Crippen LogP) is 4.36. The number of hydrogen-bond donors (Lipinski definition) is 2. The highest BCUT2D eigenvalue weighted by molar-refractivity contribution is 5.91. The number of halogens is 1. The van der Waals surface area contributed by atoms with Crippen molar-refractivity contribution in [3.8, 4) is 22.7 Å². The van der Waals surface area contributed by atoms with E-state index in [0.717, 1.165) is 0 Å². The summed E-state index contributed by atoms with van der Waals surface area (Å²) in [4.78, 5) is 35.5. The molecule has 32 heavy (non-hydrogen) atoms. The van der Waals surface area contributed by atoms with E-state index in [4.69, 9.17) is 4.42 Å². The normalized spacial score (nSPS) is 10.8. The Hall–Kier alpha value is -4.07. The molecule has 2 aromatic heterocycles. The lowest BCUT2D eigenvalue weighted by Crippen LogP contribution is -2.13. The number of anilines is 1. The molecule has 0 aliphatic rings. The maximum Gasteiger partial charge on any atom is 0.251 e. The number of nitrogens with one attached hydrogen (secondary N) is 2. The SMILES string of the molecule is CCc1cc(=O)[nH]c(-c2cccc(NC(=O)CCc3ncc(-c4ccccc4F)o3)c2)n1. The van der Waals surface area contributed by atoms with Gasteiger partial charge in [-0.2, -0.15) is 0 Å². The number of amides is 1. The van der Waals surface area contributed by atoms with Crippen LogP contribution < -0.4 is 10.9 Å². The van der Waals surface area contributed by atoms with E-state index in [-0.39, 0.29) is 24.3 Å². The summed E-state index contributed by atoms with van der Waals surface area (Å²) >= 11 is 0. The molecule has 0 spiro atoms. The van der Waals surface area contributed by atoms with Crippen molar-refractivity contribution < 1.29 is 13.6 Å². The Morgan fingerprint density at radius 2 is 2.00 bits per heavy atom. The summed E-state index contributed by atoms with van der Waals surface area (Å²) in [6, 6.07) is 14.8. The van der Waals surface area contributed by atoms with Crippen LogP contribution >= 0.6 is 0 Å². The average molecular weight is 432 g/mol. The molecular formula is C24H21FN4O3. The topological polar surface area (TPSA) is 101 Å². The first-order valence-electron chi connectivity index (χ1n) is 10.2. The third-order valence-electron chi connectivity index (χ3n) is 4.84. The van der Waals surface area contributed by atoms with Gasteiger partial charge in [0.05, 0.1) is 11.8 Å². The summed E-state index contributed by atoms with van der Waals surface area (Å²) in [6.45, 7) is 1.93. The van der Waals surface area contributed by atoms with Crippen LogP contribution in [0.5, 0.6) is 0 Å². The van der Waals surface area contributed by atoms with Crippen LogP contribution in [0, 0.1) is 5.82 Å². The number of aromatic nitrogens is 3. The molecular weight excluding hydrogens is 411 g/mol. The second-order valence-electron chi connectivity index (χ2n) is 7.17. The van der Waals surface area contributed by atoms with Gasteiger partial charge in [-0.3, -0.25) is 9.59 Å². The van der Waals surface area contributed by atoms with Gasteiger partial charge >= 0.3 is 0 Å². The molecule has 2 heterocycles. The Morgan fingerprint density at radius 3 is 2.81 bits per heavy atom. The highest BCUT2D eigenvalue weighted by Gasteiger charge is 2.12. The van der Waals surface area contributed by atoms with Crippen molar-refractivity contribution in [3.63, 3.8) is 0 Å². The van der Waals surface area contributed by atoms with E-state index in [1.54, 1.807) is 36.4 Å². The monoisotopic (exact) mass is 432 g/mol. The molecule has 0 unspecified atom stereocenters. The Morgan fingerprint density at radius 1 is 1.16 bits per heavy atom. The van der Waals surface area contributed by atoms with E-state index >= 15 is 0 Å². The number of H-pyrrole nitrogens is 1. The minimum Gasteiger partial charge on any atom is -0.441 e. The molecule has 7 nitrogen and oxygen atoms in total. The number of rotatable bonds is 7. The average Bonchev–Trinajstić information content (AvgIpc) is 3.26. The molecule has 0 aliphatic carbocycles. The van der Waals surface area contributed by atoms with Gasteiger partial charge < -0.3 is 14.7 Å². The molecule has 0 saturated heterocycles. The van der Waals surface area contributed by atoms with Crippen LogP contribution in [0.2, 0.25) is 0 Å². The summed E-state index contributed by atoms with van der Waals surface area (Å²) in [5.41, 5.74) is 2.07. The lowest BCUT2D eigenvalue weighted by atomic mass is 10.1. The highest BCUT2D eigenvalue weighted by atomic mass is 19.1. The summed E-state index contributed by atoms with van der Waals surface area (Å²) < 4.78 is 19.5. The molecule has 4 aromatic rings. The molecule has 8 heteroatoms. The molecule has 2 aromatic carbocycles. The van der Waals surface area contributed by atoms with Gasteiger partial charge in [-0.1, -0.05) is 31.2 Å². The fraction of sp³-hybridized carbons (Fsp3) is 0.167. The van der Waals surface area contributed by atoms with E-state index in [0.29, 0.717) is 46.4 Å². The van der Waals surface area contributed by atoms with Crippen molar-refractivity contribution in [3.05, 3.63) is 88.5 Å². The Kier molecular flexibility index (Phi) is 6.21. The van der Waals surface area contributed by atoms with Gasteiger partial charge in [0.1, 0.15) is 11.6 Å². The molecule has 0 atom stereocenters. The number of benzene rings is 2. The van der Waals surface area contributed by atoms with Crippen molar-refractivity contribution >= 4 is 11.6 Å². The summed E-state index contributed by atoms with van der Waals surface area (Å²) in [5, 5.41) is 2.82. The largest absolute Gasteiger partial charge is 0.441 e. The van der Waals surface area contributed by atoms with Gasteiger partial charge in [0.25, 0.3) is 5.56 Å². The van der Waals surface area contributed by atoms with Crippen molar-refractivity contribution in [2.45, 2.75) is 26.2 Å². The zero-order chi connectivity index (χ0) is 22.5. The van der Waals surface area contributed by atoms with Crippen molar-refractivity contribution in [1.82, 2.24) is 15.0 Å². The molecule has 0 fully saturated rings. The first kappa shape index (κ1) is 21.2. The fourth-order valence-electron chi connectivity index (χ4n) is 3.23. The van der Waals surface area contributed by atoms with Crippen molar-refractivity contribution in [2.75, 3.05) is 5.32 Å². The zero-order valence-corrected chi connectivity index (χ0v) is 17.4. The molecule has 2 N–H and O–H groups in total. The lowest BCUT2D eigenvalue weighted by Gasteiger charge is -2.07. The van der Waals surface area contributed by atoms with Crippen molar-refractivity contribution in [1.29, 1.82) is 0 Å². The van der Waals surface area contributed by atoms with Gasteiger partial charge in [-0.15, -0.1) is 0 Å². The fourth-order valence-corrected chi connectivity index (χ4v) is 3.23. The standard InChI is InChI=1S/C24H21FN4O3/c1-2-16-13-22(31)29-24(28-16)15-6-5-7-17(12-15)27-21(30)10-11-23-26-14-20(32-23)18-8-3-4-9-19(18)25/h3-9,12-14H,2,10-11H2,1H3,(H,27,30)(H,28,29,31). The maximum absolute atomic E-state index is 13.9. The minimum absolute atomic E-state index is 0.141. The van der Waals surface area contributed by atoms with Gasteiger partial charge in [-0.25, -0.2) is 14.4 Å². The van der Waals surface area contributed by atoms with Gasteiger partial charge in [0.15, 0.2) is 11.7 Å². The Balaban J connectivity index is 1.40. The second-order valence-corrected chi connectivity index (χ2v) is 7.17. The molecule has 162 valence electrons. The van der Waals surface area contributed by atoms with Gasteiger partial charge in [-0.05, 0) is 30.7 Å². The van der Waals surface area contributed by atoms with E-state index in [2.05, 4.69) is 20.3 Å². The number of nitrogens with zero attached hydrogens (tertiary/aromatic N) is 2. The minimum atomic E-state index is -0.395. The van der Waals surface area contributed by atoms with Crippen LogP contribution in [0.15, 0.2) is 70.0 Å². The molecule has 0 bridgehead atoms. The van der Waals surface area contributed by atoms with Gasteiger partial charge in [0.2, 0.25) is 5.91 Å². The third kappa shape index (κ3) is 4.97. The zero-order valence-electron chi connectivity index (χ0n) is 17.4. The van der Waals surface area contributed by atoms with E-state index in [9.17, 15) is 14.0 Å². The lowest BCUT2D eigenvalue weighted by molar-refractivity contribution is -0.116. The van der Waals surface area contributed by atoms with Crippen LogP contribution in [0.25, 0.3) is 22.7 Å². The van der Waals surface area contributed by atoms with Crippen LogP contribution in [0.3, 0.4) is 0 Å². The first-order valence-corrected chi connectivity index (χ1v) is 10.2. The summed E-state index contributed by atoms with van der Waals surface area (Å²) in [6.07, 6.45) is 2.51. The molecule has 4 rings (SSSR count). The molecule has 0 aliphatic heterocycles. The number of hydrogen-bond acceptors (Lipinski definition) is 5. The van der Waals surface area contributed by atoms with Crippen LogP contribution in [-0.4, -0.2) is 20.9 Å². The summed E-state index contributed by atoms with van der Waals surface area (Å²) in [7, 11) is 0. The number of aromatic amines is 1. The van der Waals surface area contributed by atoms with E-state index in [1.165, 1.54) is 18.3 Å². The Labute approximate surface area is 183 Å². The number of carbonyl (C=O) groups excluding carboxylic acids is 1. The number of oxazole rings is 1. The quantitative estimate of drug-likeness (QED) is 0.452.